The van der Waals surface area contributed by atoms with Gasteiger partial charge in [0.1, 0.15) is 0 Å². The molecule has 1 fully saturated rings. The summed E-state index contributed by atoms with van der Waals surface area (Å²) in [4.78, 5) is 4.43. The number of nitrogens with zero attached hydrogens (tertiary/aromatic N) is 1. The van der Waals surface area contributed by atoms with E-state index >= 15 is 0 Å². The van der Waals surface area contributed by atoms with Gasteiger partial charge in [-0.3, -0.25) is 4.98 Å². The molecular formula is C14H22N2O. The molecule has 3 nitrogen and oxygen atoms in total. The maximum absolute atomic E-state index is 10.3. The summed E-state index contributed by atoms with van der Waals surface area (Å²) < 4.78 is 0. The third-order valence-electron chi connectivity index (χ3n) is 3.49. The number of nitrogens with one attached hydrogen (secondary N) is 1. The average Bonchev–Trinajstić information content (AvgIpc) is 2.30. The summed E-state index contributed by atoms with van der Waals surface area (Å²) in [5.41, 5.74) is 1.60. The number of aryl methyl sites for hydroxylation is 1. The Hall–Kier alpha value is -0.930. The summed E-state index contributed by atoms with van der Waals surface area (Å²) in [5, 5.41) is 13.6. The first kappa shape index (κ1) is 12.5. The van der Waals surface area contributed by atoms with Crippen molar-refractivity contribution in [3.8, 4) is 0 Å². The van der Waals surface area contributed by atoms with Crippen molar-refractivity contribution in [2.45, 2.75) is 51.2 Å². The molecule has 0 saturated heterocycles. The predicted molar refractivity (Wildman–Crippen MR) is 68.7 cm³/mol. The van der Waals surface area contributed by atoms with E-state index in [4.69, 9.17) is 0 Å². The molecule has 3 heteroatoms. The van der Waals surface area contributed by atoms with Crippen LogP contribution in [0, 0.1) is 6.92 Å². The maximum atomic E-state index is 10.3. The Labute approximate surface area is 103 Å². The van der Waals surface area contributed by atoms with Gasteiger partial charge in [-0.05, 0) is 31.9 Å². The Balaban J connectivity index is 1.79. The second-order valence-corrected chi connectivity index (χ2v) is 5.16. The van der Waals surface area contributed by atoms with Gasteiger partial charge in [-0.1, -0.05) is 25.3 Å². The van der Waals surface area contributed by atoms with Gasteiger partial charge in [-0.2, -0.15) is 0 Å². The van der Waals surface area contributed by atoms with Crippen LogP contribution in [0.5, 0.6) is 0 Å². The van der Waals surface area contributed by atoms with Crippen molar-refractivity contribution in [2.75, 3.05) is 6.54 Å². The zero-order valence-electron chi connectivity index (χ0n) is 10.6. The normalized spacial score (nSPS) is 19.2. The quantitative estimate of drug-likeness (QED) is 0.839. The van der Waals surface area contributed by atoms with Crippen molar-refractivity contribution in [1.29, 1.82) is 0 Å². The lowest BCUT2D eigenvalue weighted by Gasteiger charge is -2.32. The molecule has 0 radical (unpaired) electrons. The van der Waals surface area contributed by atoms with Crippen molar-refractivity contribution < 1.29 is 5.11 Å². The summed E-state index contributed by atoms with van der Waals surface area (Å²) in [6.07, 6.45) is 5.44. The highest BCUT2D eigenvalue weighted by molar-refractivity contribution is 5.09. The van der Waals surface area contributed by atoms with E-state index in [9.17, 15) is 5.11 Å². The number of pyridine rings is 1. The van der Waals surface area contributed by atoms with Crippen LogP contribution in [-0.4, -0.2) is 22.2 Å². The maximum Gasteiger partial charge on any atom is 0.0771 e. The molecule has 0 unspecified atom stereocenters. The summed E-state index contributed by atoms with van der Waals surface area (Å²) in [6.45, 7) is 3.42. The van der Waals surface area contributed by atoms with Gasteiger partial charge in [-0.25, -0.2) is 0 Å². The first-order chi connectivity index (χ1) is 8.18. The molecule has 1 saturated carbocycles. The Morgan fingerprint density at radius 3 is 2.76 bits per heavy atom. The number of aromatic nitrogens is 1. The highest BCUT2D eigenvalue weighted by Crippen LogP contribution is 2.27. The first-order valence-corrected chi connectivity index (χ1v) is 6.54. The zero-order chi connectivity index (χ0) is 12.1. The van der Waals surface area contributed by atoms with Gasteiger partial charge >= 0.3 is 0 Å². The highest BCUT2D eigenvalue weighted by atomic mass is 16.3. The van der Waals surface area contributed by atoms with Gasteiger partial charge in [0, 0.05) is 18.8 Å². The number of rotatable bonds is 4. The van der Waals surface area contributed by atoms with Crippen molar-refractivity contribution in [3.05, 3.63) is 29.6 Å². The summed E-state index contributed by atoms with van der Waals surface area (Å²) in [7, 11) is 0. The van der Waals surface area contributed by atoms with Crippen LogP contribution in [0.4, 0.5) is 0 Å². The van der Waals surface area contributed by atoms with Gasteiger partial charge in [0.25, 0.3) is 0 Å². The SMILES string of the molecule is Cc1cccc(CNCC2(O)CCCCC2)n1. The molecule has 1 aromatic rings. The van der Waals surface area contributed by atoms with Crippen molar-refractivity contribution >= 4 is 0 Å². The van der Waals surface area contributed by atoms with Crippen LogP contribution in [0.25, 0.3) is 0 Å². The molecular weight excluding hydrogens is 212 g/mol. The van der Waals surface area contributed by atoms with Crippen LogP contribution in [0.3, 0.4) is 0 Å². The molecule has 94 valence electrons. The molecule has 0 spiro atoms. The van der Waals surface area contributed by atoms with Crippen molar-refractivity contribution in [2.24, 2.45) is 0 Å². The van der Waals surface area contributed by atoms with Gasteiger partial charge in [-0.15, -0.1) is 0 Å². The molecule has 1 aliphatic carbocycles. The minimum absolute atomic E-state index is 0.484. The number of hydrogen-bond acceptors (Lipinski definition) is 3. The van der Waals surface area contributed by atoms with E-state index in [2.05, 4.69) is 10.3 Å². The Bertz CT molecular complexity index is 359. The molecule has 2 N–H and O–H groups in total. The molecule has 1 heterocycles. The zero-order valence-corrected chi connectivity index (χ0v) is 10.6. The van der Waals surface area contributed by atoms with E-state index in [0.29, 0.717) is 6.54 Å². The lowest BCUT2D eigenvalue weighted by Crippen LogP contribution is -2.42. The fraction of sp³-hybridized carbons (Fsp3) is 0.643. The molecule has 17 heavy (non-hydrogen) atoms. The minimum Gasteiger partial charge on any atom is -0.389 e. The lowest BCUT2D eigenvalue weighted by atomic mass is 9.85. The predicted octanol–water partition coefficient (Wildman–Crippen LogP) is 2.17. The van der Waals surface area contributed by atoms with Crippen LogP contribution >= 0.6 is 0 Å². The Kier molecular flexibility index (Phi) is 4.13. The standard InChI is InChI=1S/C14H22N2O/c1-12-6-5-7-13(16-12)10-15-11-14(17)8-3-2-4-9-14/h5-7,15,17H,2-4,8-11H2,1H3. The molecule has 0 atom stereocenters. The third-order valence-corrected chi connectivity index (χ3v) is 3.49. The fourth-order valence-electron chi connectivity index (χ4n) is 2.51. The van der Waals surface area contributed by atoms with E-state index in [0.717, 1.165) is 43.6 Å². The van der Waals surface area contributed by atoms with Crippen molar-refractivity contribution in [3.63, 3.8) is 0 Å². The molecule has 1 aliphatic rings. The molecule has 0 bridgehead atoms. The van der Waals surface area contributed by atoms with Gasteiger partial charge in [0.2, 0.25) is 0 Å². The third kappa shape index (κ3) is 3.79. The fourth-order valence-corrected chi connectivity index (χ4v) is 2.51. The van der Waals surface area contributed by atoms with Crippen LogP contribution in [0.1, 0.15) is 43.5 Å². The van der Waals surface area contributed by atoms with Gasteiger partial charge in [0.15, 0.2) is 0 Å². The summed E-state index contributed by atoms with van der Waals surface area (Å²) in [6, 6.07) is 6.04. The Morgan fingerprint density at radius 1 is 1.29 bits per heavy atom. The van der Waals surface area contributed by atoms with Crippen LogP contribution in [-0.2, 0) is 6.54 Å². The largest absolute Gasteiger partial charge is 0.389 e. The lowest BCUT2D eigenvalue weighted by molar-refractivity contribution is 0.00462. The topological polar surface area (TPSA) is 45.1 Å². The van der Waals surface area contributed by atoms with E-state index in [-0.39, 0.29) is 0 Å². The number of aliphatic hydroxyl groups is 1. The highest BCUT2D eigenvalue weighted by Gasteiger charge is 2.28. The number of hydrogen-bond donors (Lipinski definition) is 2. The van der Waals surface area contributed by atoms with Gasteiger partial charge in [0.05, 0.1) is 11.3 Å². The van der Waals surface area contributed by atoms with Gasteiger partial charge < -0.3 is 10.4 Å². The average molecular weight is 234 g/mol. The first-order valence-electron chi connectivity index (χ1n) is 6.54. The monoisotopic (exact) mass is 234 g/mol. The smallest absolute Gasteiger partial charge is 0.0771 e. The molecule has 1 aromatic heterocycles. The van der Waals surface area contributed by atoms with E-state index in [1.807, 2.05) is 25.1 Å². The molecule has 0 aromatic carbocycles. The van der Waals surface area contributed by atoms with Crippen molar-refractivity contribution in [1.82, 2.24) is 10.3 Å². The Morgan fingerprint density at radius 2 is 2.06 bits per heavy atom. The second-order valence-electron chi connectivity index (χ2n) is 5.16. The summed E-state index contributed by atoms with van der Waals surface area (Å²) >= 11 is 0. The van der Waals surface area contributed by atoms with E-state index in [1.54, 1.807) is 0 Å². The van der Waals surface area contributed by atoms with Crippen LogP contribution in [0.2, 0.25) is 0 Å². The summed E-state index contributed by atoms with van der Waals surface area (Å²) in [5.74, 6) is 0. The molecule has 2 rings (SSSR count). The van der Waals surface area contributed by atoms with E-state index in [1.165, 1.54) is 6.42 Å². The molecule has 0 amide bonds. The van der Waals surface area contributed by atoms with E-state index < -0.39 is 5.60 Å². The minimum atomic E-state index is -0.484. The van der Waals surface area contributed by atoms with Crippen LogP contribution < -0.4 is 5.32 Å². The molecule has 0 aliphatic heterocycles. The van der Waals surface area contributed by atoms with Crippen LogP contribution in [0.15, 0.2) is 18.2 Å². The second kappa shape index (κ2) is 5.61.